The van der Waals surface area contributed by atoms with E-state index in [1.54, 1.807) is 7.11 Å². The zero-order chi connectivity index (χ0) is 16.8. The third-order valence-electron chi connectivity index (χ3n) is 4.46. The summed E-state index contributed by atoms with van der Waals surface area (Å²) in [6.07, 6.45) is 2.40. The summed E-state index contributed by atoms with van der Waals surface area (Å²) in [5, 5.41) is 3.34. The highest BCUT2D eigenvalue weighted by molar-refractivity contribution is 5.64. The lowest BCUT2D eigenvalue weighted by Gasteiger charge is -2.30. The number of hydrogen-bond donors (Lipinski definition) is 1. The highest BCUT2D eigenvalue weighted by atomic mass is 16.5. The maximum Gasteiger partial charge on any atom is 0.227 e. The van der Waals surface area contributed by atoms with E-state index in [0.717, 1.165) is 48.6 Å². The molecule has 128 valence electrons. The van der Waals surface area contributed by atoms with Gasteiger partial charge in [-0.05, 0) is 18.8 Å². The molecule has 0 bridgehead atoms. The maximum absolute atomic E-state index is 5.12. The first-order valence-electron chi connectivity index (χ1n) is 8.68. The van der Waals surface area contributed by atoms with E-state index in [1.165, 1.54) is 12.8 Å². The maximum atomic E-state index is 5.12. The van der Waals surface area contributed by atoms with E-state index >= 15 is 0 Å². The predicted octanol–water partition coefficient (Wildman–Crippen LogP) is 3.44. The molecule has 1 aliphatic heterocycles. The SMILES string of the molecule is COCCNc1cc(-c2ccccc2)nc(N2CCC(C)CC2)n1. The Balaban J connectivity index is 1.87. The minimum atomic E-state index is 0.654. The van der Waals surface area contributed by atoms with Crippen molar-refractivity contribution < 1.29 is 4.74 Å². The predicted molar refractivity (Wildman–Crippen MR) is 98.4 cm³/mol. The van der Waals surface area contributed by atoms with E-state index in [-0.39, 0.29) is 0 Å². The van der Waals surface area contributed by atoms with Crippen LogP contribution in [0, 0.1) is 5.92 Å². The summed E-state index contributed by atoms with van der Waals surface area (Å²) in [4.78, 5) is 11.9. The van der Waals surface area contributed by atoms with Gasteiger partial charge in [-0.25, -0.2) is 4.98 Å². The molecule has 5 nitrogen and oxygen atoms in total. The standard InChI is InChI=1S/C19H26N4O/c1-15-8-11-23(12-9-15)19-21-17(16-6-4-3-5-7-16)14-18(22-19)20-10-13-24-2/h3-7,14-15H,8-13H2,1-2H3,(H,20,21,22). The number of piperidine rings is 1. The fourth-order valence-electron chi connectivity index (χ4n) is 2.91. The minimum Gasteiger partial charge on any atom is -0.383 e. The van der Waals surface area contributed by atoms with E-state index in [1.807, 2.05) is 24.3 Å². The van der Waals surface area contributed by atoms with Gasteiger partial charge >= 0.3 is 0 Å². The molecule has 2 heterocycles. The molecule has 1 aromatic carbocycles. The van der Waals surface area contributed by atoms with Gasteiger partial charge in [0.2, 0.25) is 5.95 Å². The lowest BCUT2D eigenvalue weighted by atomic mass is 10.00. The Labute approximate surface area is 144 Å². The Morgan fingerprint density at radius 2 is 1.92 bits per heavy atom. The Bertz CT molecular complexity index is 639. The zero-order valence-corrected chi connectivity index (χ0v) is 14.5. The van der Waals surface area contributed by atoms with Crippen molar-refractivity contribution >= 4 is 11.8 Å². The fraction of sp³-hybridized carbons (Fsp3) is 0.474. The molecule has 5 heteroatoms. The molecule has 0 amide bonds. The smallest absolute Gasteiger partial charge is 0.227 e. The van der Waals surface area contributed by atoms with E-state index < -0.39 is 0 Å². The molecule has 24 heavy (non-hydrogen) atoms. The molecule has 1 N–H and O–H groups in total. The molecule has 0 radical (unpaired) electrons. The largest absolute Gasteiger partial charge is 0.383 e. The summed E-state index contributed by atoms with van der Waals surface area (Å²) < 4.78 is 5.12. The molecule has 3 rings (SSSR count). The molecule has 0 saturated carbocycles. The lowest BCUT2D eigenvalue weighted by molar-refractivity contribution is 0.210. The number of nitrogens with one attached hydrogen (secondary N) is 1. The summed E-state index contributed by atoms with van der Waals surface area (Å²) >= 11 is 0. The number of hydrogen-bond acceptors (Lipinski definition) is 5. The van der Waals surface area contributed by atoms with Gasteiger partial charge in [0.15, 0.2) is 0 Å². The number of aromatic nitrogens is 2. The van der Waals surface area contributed by atoms with Gasteiger partial charge in [-0.2, -0.15) is 4.98 Å². The van der Waals surface area contributed by atoms with Crippen LogP contribution in [0.3, 0.4) is 0 Å². The summed E-state index contributed by atoms with van der Waals surface area (Å²) in [5.41, 5.74) is 2.07. The molecule has 2 aromatic rings. The summed E-state index contributed by atoms with van der Waals surface area (Å²) in [5.74, 6) is 2.47. The van der Waals surface area contributed by atoms with Crippen molar-refractivity contribution in [1.29, 1.82) is 0 Å². The van der Waals surface area contributed by atoms with Crippen molar-refractivity contribution in [1.82, 2.24) is 9.97 Å². The van der Waals surface area contributed by atoms with Crippen LogP contribution >= 0.6 is 0 Å². The fourth-order valence-corrected chi connectivity index (χ4v) is 2.91. The van der Waals surface area contributed by atoms with Gasteiger partial charge in [0.25, 0.3) is 0 Å². The Morgan fingerprint density at radius 3 is 2.62 bits per heavy atom. The average molecular weight is 326 g/mol. The van der Waals surface area contributed by atoms with Crippen LogP contribution in [0.1, 0.15) is 19.8 Å². The second-order valence-corrected chi connectivity index (χ2v) is 6.39. The first-order valence-corrected chi connectivity index (χ1v) is 8.68. The summed E-state index contributed by atoms with van der Waals surface area (Å²) in [6.45, 7) is 5.75. The van der Waals surface area contributed by atoms with E-state index in [9.17, 15) is 0 Å². The van der Waals surface area contributed by atoms with Gasteiger partial charge in [-0.1, -0.05) is 37.3 Å². The average Bonchev–Trinajstić information content (AvgIpc) is 2.63. The van der Waals surface area contributed by atoms with E-state index in [4.69, 9.17) is 14.7 Å². The first-order chi connectivity index (χ1) is 11.8. The number of ether oxygens (including phenoxy) is 1. The van der Waals surface area contributed by atoms with Crippen LogP contribution < -0.4 is 10.2 Å². The molecule has 0 aliphatic carbocycles. The second kappa shape index (κ2) is 8.11. The van der Waals surface area contributed by atoms with Crippen molar-refractivity contribution in [3.8, 4) is 11.3 Å². The topological polar surface area (TPSA) is 50.3 Å². The highest BCUT2D eigenvalue weighted by Gasteiger charge is 2.19. The van der Waals surface area contributed by atoms with Crippen molar-refractivity contribution in [2.24, 2.45) is 5.92 Å². The van der Waals surface area contributed by atoms with Gasteiger partial charge in [0.05, 0.1) is 12.3 Å². The van der Waals surface area contributed by atoms with Crippen LogP contribution in [-0.2, 0) is 4.74 Å². The van der Waals surface area contributed by atoms with Crippen molar-refractivity contribution in [3.05, 3.63) is 36.4 Å². The van der Waals surface area contributed by atoms with Gasteiger partial charge < -0.3 is 15.0 Å². The van der Waals surface area contributed by atoms with E-state index in [2.05, 4.69) is 29.3 Å². The molecule has 1 saturated heterocycles. The number of nitrogens with zero attached hydrogens (tertiary/aromatic N) is 3. The molecular formula is C19H26N4O. The van der Waals surface area contributed by atoms with Crippen LogP contribution in [-0.4, -0.2) is 43.3 Å². The monoisotopic (exact) mass is 326 g/mol. The number of methoxy groups -OCH3 is 1. The van der Waals surface area contributed by atoms with Gasteiger partial charge in [-0.3, -0.25) is 0 Å². The van der Waals surface area contributed by atoms with Crippen LogP contribution in [0.4, 0.5) is 11.8 Å². The molecular weight excluding hydrogens is 300 g/mol. The lowest BCUT2D eigenvalue weighted by Crippen LogP contribution is -2.34. The minimum absolute atomic E-state index is 0.654. The van der Waals surface area contributed by atoms with Gasteiger partial charge in [0.1, 0.15) is 5.82 Å². The van der Waals surface area contributed by atoms with Crippen molar-refractivity contribution in [2.75, 3.05) is 43.6 Å². The van der Waals surface area contributed by atoms with Crippen molar-refractivity contribution in [2.45, 2.75) is 19.8 Å². The van der Waals surface area contributed by atoms with Gasteiger partial charge in [-0.15, -0.1) is 0 Å². The van der Waals surface area contributed by atoms with E-state index in [0.29, 0.717) is 6.61 Å². The quantitative estimate of drug-likeness (QED) is 0.824. The van der Waals surface area contributed by atoms with Crippen LogP contribution in [0.25, 0.3) is 11.3 Å². The molecule has 0 spiro atoms. The molecule has 1 aliphatic rings. The normalized spacial score (nSPS) is 15.5. The first kappa shape index (κ1) is 16.7. The molecule has 0 unspecified atom stereocenters. The molecule has 1 aromatic heterocycles. The van der Waals surface area contributed by atoms with Crippen LogP contribution in [0.5, 0.6) is 0 Å². The summed E-state index contributed by atoms with van der Waals surface area (Å²) in [7, 11) is 1.71. The van der Waals surface area contributed by atoms with Crippen LogP contribution in [0.15, 0.2) is 36.4 Å². The number of anilines is 2. The van der Waals surface area contributed by atoms with Gasteiger partial charge in [0, 0.05) is 38.4 Å². The number of rotatable bonds is 6. The van der Waals surface area contributed by atoms with Crippen LogP contribution in [0.2, 0.25) is 0 Å². The Kier molecular flexibility index (Phi) is 5.64. The Hall–Kier alpha value is -2.14. The molecule has 0 atom stereocenters. The highest BCUT2D eigenvalue weighted by Crippen LogP contribution is 2.25. The summed E-state index contributed by atoms with van der Waals surface area (Å²) in [6, 6.07) is 12.3. The number of benzene rings is 1. The second-order valence-electron chi connectivity index (χ2n) is 6.39. The molecule has 1 fully saturated rings. The Morgan fingerprint density at radius 1 is 1.17 bits per heavy atom. The zero-order valence-electron chi connectivity index (χ0n) is 14.5. The third kappa shape index (κ3) is 4.23. The third-order valence-corrected chi connectivity index (χ3v) is 4.46. The van der Waals surface area contributed by atoms with Crippen molar-refractivity contribution in [3.63, 3.8) is 0 Å².